The molecule has 1 aromatic carbocycles. The van der Waals surface area contributed by atoms with E-state index in [0.29, 0.717) is 0 Å². The Morgan fingerprint density at radius 1 is 0.719 bits per heavy atom. The Morgan fingerprint density at radius 3 is 1.62 bits per heavy atom. The monoisotopic (exact) mass is 533 g/mol. The van der Waals surface area contributed by atoms with Gasteiger partial charge in [0.25, 0.3) is 0 Å². The second-order valence-electron chi connectivity index (χ2n) is 9.02. The summed E-state index contributed by atoms with van der Waals surface area (Å²) in [4.78, 5) is -0.178. The highest BCUT2D eigenvalue weighted by molar-refractivity contribution is 9.09. The van der Waals surface area contributed by atoms with Gasteiger partial charge in [-0.1, -0.05) is 80.1 Å². The zero-order valence-corrected chi connectivity index (χ0v) is 23.5. The molecule has 0 amide bonds. The standard InChI is InChI=1S/C19H41BrN.C7H8O3S/c1-4-7-10-13-18-21(16-9-6-3,17-12-8-5-2)19-14-11-15-20;1-6-2-4-7(5-3-6)11(8,9)10/h4-19H2,1-3H3;2-5H,1H3,(H,8,9,10)/q+1;/p-1. The van der Waals surface area contributed by atoms with Gasteiger partial charge < -0.3 is 9.04 Å². The minimum atomic E-state index is -4.27. The number of hydrogen-bond donors (Lipinski definition) is 0. The Morgan fingerprint density at radius 2 is 1.16 bits per heavy atom. The third-order valence-corrected chi connectivity index (χ3v) is 7.44. The molecule has 0 aliphatic carbocycles. The van der Waals surface area contributed by atoms with Crippen LogP contribution in [0.4, 0.5) is 0 Å². The number of hydrogen-bond acceptors (Lipinski definition) is 3. The van der Waals surface area contributed by atoms with Crippen LogP contribution in [0, 0.1) is 6.92 Å². The van der Waals surface area contributed by atoms with Crippen molar-refractivity contribution in [2.75, 3.05) is 31.5 Å². The van der Waals surface area contributed by atoms with Crippen molar-refractivity contribution in [2.45, 2.75) is 103 Å². The maximum atomic E-state index is 10.4. The smallest absolute Gasteiger partial charge is 0.124 e. The van der Waals surface area contributed by atoms with Gasteiger partial charge in [-0.05, 0) is 64.0 Å². The maximum Gasteiger partial charge on any atom is 0.124 e. The molecule has 4 nitrogen and oxygen atoms in total. The van der Waals surface area contributed by atoms with E-state index in [-0.39, 0.29) is 4.90 Å². The molecule has 188 valence electrons. The van der Waals surface area contributed by atoms with E-state index in [2.05, 4.69) is 36.7 Å². The maximum absolute atomic E-state index is 10.4. The van der Waals surface area contributed by atoms with E-state index in [4.69, 9.17) is 0 Å². The van der Waals surface area contributed by atoms with Gasteiger partial charge >= 0.3 is 0 Å². The van der Waals surface area contributed by atoms with Gasteiger partial charge in [-0.3, -0.25) is 0 Å². The van der Waals surface area contributed by atoms with Gasteiger partial charge in [0.1, 0.15) is 10.1 Å². The highest BCUT2D eigenvalue weighted by atomic mass is 79.9. The largest absolute Gasteiger partial charge is 0.744 e. The van der Waals surface area contributed by atoms with Gasteiger partial charge in [-0.15, -0.1) is 0 Å². The first-order valence-corrected chi connectivity index (χ1v) is 15.2. The van der Waals surface area contributed by atoms with E-state index in [1.54, 1.807) is 12.1 Å². The molecule has 0 saturated heterocycles. The molecule has 0 bridgehead atoms. The first-order chi connectivity index (χ1) is 15.2. The van der Waals surface area contributed by atoms with Gasteiger partial charge in [-0.2, -0.15) is 0 Å². The van der Waals surface area contributed by atoms with Crippen molar-refractivity contribution < 1.29 is 17.5 Å². The highest BCUT2D eigenvalue weighted by Gasteiger charge is 2.25. The second kappa shape index (κ2) is 18.9. The lowest BCUT2D eigenvalue weighted by Gasteiger charge is -2.39. The molecule has 0 saturated carbocycles. The lowest BCUT2D eigenvalue weighted by Crippen LogP contribution is -2.50. The van der Waals surface area contributed by atoms with Crippen molar-refractivity contribution >= 4 is 26.0 Å². The number of unbranched alkanes of at least 4 members (excludes halogenated alkanes) is 7. The van der Waals surface area contributed by atoms with E-state index in [1.807, 2.05) is 6.92 Å². The summed E-state index contributed by atoms with van der Waals surface area (Å²) in [6.07, 6.45) is 15.4. The fourth-order valence-corrected chi connectivity index (χ4v) is 4.85. The lowest BCUT2D eigenvalue weighted by molar-refractivity contribution is -0.929. The van der Waals surface area contributed by atoms with Crippen LogP contribution in [0.1, 0.15) is 97.0 Å². The molecule has 0 heterocycles. The van der Waals surface area contributed by atoms with Gasteiger partial charge in [-0.25, -0.2) is 8.42 Å². The topological polar surface area (TPSA) is 57.2 Å². The fourth-order valence-electron chi connectivity index (χ4n) is 3.98. The molecule has 1 atom stereocenters. The average molecular weight is 535 g/mol. The summed E-state index contributed by atoms with van der Waals surface area (Å²) in [5.74, 6) is 0. The number of aryl methyl sites for hydroxylation is 1. The van der Waals surface area contributed by atoms with Crippen LogP contribution in [0.2, 0.25) is 0 Å². The van der Waals surface area contributed by atoms with Crippen molar-refractivity contribution in [2.24, 2.45) is 0 Å². The fraction of sp³-hybridized carbons (Fsp3) is 0.769. The Kier molecular flexibility index (Phi) is 18.7. The van der Waals surface area contributed by atoms with Crippen LogP contribution in [0.3, 0.4) is 0 Å². The third-order valence-electron chi connectivity index (χ3n) is 6.03. The normalized spacial score (nSPS) is 13.3. The molecule has 1 rings (SSSR count). The van der Waals surface area contributed by atoms with Gasteiger partial charge in [0, 0.05) is 5.33 Å². The molecule has 0 aromatic heterocycles. The number of rotatable bonds is 17. The highest BCUT2D eigenvalue weighted by Crippen LogP contribution is 2.18. The zero-order chi connectivity index (χ0) is 24.3. The molecular weight excluding hydrogens is 486 g/mol. The molecule has 32 heavy (non-hydrogen) atoms. The SMILES string of the molecule is CCCCCC[N+](CCCC)(CCCCC)CCCCBr.Cc1ccc(S(=O)(=O)[O-])cc1. The van der Waals surface area contributed by atoms with Crippen LogP contribution in [-0.2, 0) is 10.1 Å². The first kappa shape index (κ1) is 31.6. The Hall–Kier alpha value is -0.430. The summed E-state index contributed by atoms with van der Waals surface area (Å²) in [6.45, 7) is 14.5. The van der Waals surface area contributed by atoms with Crippen LogP contribution >= 0.6 is 15.9 Å². The quantitative estimate of drug-likeness (QED) is 0.0903. The second-order valence-corrected chi connectivity index (χ2v) is 11.2. The molecule has 0 fully saturated rings. The van der Waals surface area contributed by atoms with Crippen LogP contribution < -0.4 is 0 Å². The number of halogens is 1. The minimum Gasteiger partial charge on any atom is -0.744 e. The minimum absolute atomic E-state index is 0.178. The van der Waals surface area contributed by atoms with Gasteiger partial charge in [0.15, 0.2) is 0 Å². The number of quaternary nitrogens is 1. The number of nitrogens with zero attached hydrogens (tertiary/aromatic N) is 1. The van der Waals surface area contributed by atoms with E-state index in [9.17, 15) is 13.0 Å². The summed E-state index contributed by atoms with van der Waals surface area (Å²) in [5, 5.41) is 1.17. The summed E-state index contributed by atoms with van der Waals surface area (Å²) in [6, 6.07) is 5.78. The third kappa shape index (κ3) is 15.4. The van der Waals surface area contributed by atoms with Crippen LogP contribution in [0.5, 0.6) is 0 Å². The molecule has 0 N–H and O–H groups in total. The summed E-state index contributed by atoms with van der Waals surface area (Å²) < 4.78 is 32.6. The lowest BCUT2D eigenvalue weighted by atomic mass is 10.1. The molecule has 6 heteroatoms. The van der Waals surface area contributed by atoms with Crippen molar-refractivity contribution in [3.63, 3.8) is 0 Å². The molecular formula is C26H48BrNO3S. The Balaban J connectivity index is 0.000000726. The zero-order valence-electron chi connectivity index (χ0n) is 21.1. The number of benzene rings is 1. The Bertz CT molecular complexity index is 652. The molecule has 1 unspecified atom stereocenters. The van der Waals surface area contributed by atoms with E-state index in [0.717, 1.165) is 5.56 Å². The van der Waals surface area contributed by atoms with Crippen molar-refractivity contribution in [1.82, 2.24) is 0 Å². The van der Waals surface area contributed by atoms with Gasteiger partial charge in [0.05, 0.1) is 31.1 Å². The van der Waals surface area contributed by atoms with Crippen LogP contribution in [0.15, 0.2) is 29.2 Å². The summed E-state index contributed by atoms with van der Waals surface area (Å²) >= 11 is 3.60. The average Bonchev–Trinajstić information content (AvgIpc) is 2.76. The van der Waals surface area contributed by atoms with Crippen LogP contribution in [0.25, 0.3) is 0 Å². The molecule has 0 spiro atoms. The predicted molar refractivity (Wildman–Crippen MR) is 140 cm³/mol. The summed E-state index contributed by atoms with van der Waals surface area (Å²) in [7, 11) is -4.27. The predicted octanol–water partition coefficient (Wildman–Crippen LogP) is 7.45. The van der Waals surface area contributed by atoms with Gasteiger partial charge in [0.2, 0.25) is 0 Å². The van der Waals surface area contributed by atoms with E-state index in [1.165, 1.54) is 119 Å². The molecule has 1 aromatic rings. The van der Waals surface area contributed by atoms with E-state index < -0.39 is 10.1 Å². The van der Waals surface area contributed by atoms with Crippen molar-refractivity contribution in [3.05, 3.63) is 29.8 Å². The molecule has 0 aliphatic heterocycles. The Labute approximate surface area is 207 Å². The molecule has 0 aliphatic rings. The van der Waals surface area contributed by atoms with E-state index >= 15 is 0 Å². The van der Waals surface area contributed by atoms with Crippen LogP contribution in [-0.4, -0.2) is 49.0 Å². The molecule has 0 radical (unpaired) electrons. The number of alkyl halides is 1. The first-order valence-electron chi connectivity index (χ1n) is 12.7. The van der Waals surface area contributed by atoms with Crippen molar-refractivity contribution in [1.29, 1.82) is 0 Å². The van der Waals surface area contributed by atoms with Crippen molar-refractivity contribution in [3.8, 4) is 0 Å². The summed E-state index contributed by atoms with van der Waals surface area (Å²) in [5.41, 5.74) is 0.928.